The Labute approximate surface area is 111 Å². The predicted octanol–water partition coefficient (Wildman–Crippen LogP) is 0.770. The second kappa shape index (κ2) is 6.65. The number of rotatable bonds is 6. The summed E-state index contributed by atoms with van der Waals surface area (Å²) >= 11 is 0. The lowest BCUT2D eigenvalue weighted by atomic mass is 10.2. The van der Waals surface area contributed by atoms with Crippen LogP contribution in [0.15, 0.2) is 37.1 Å². The maximum absolute atomic E-state index is 11.8. The third kappa shape index (κ3) is 3.62. The molecular formula is C13H16N4O2. The number of imidazole rings is 1. The molecule has 2 aromatic heterocycles. The molecule has 0 aliphatic carbocycles. The van der Waals surface area contributed by atoms with Gasteiger partial charge in [-0.05, 0) is 25.0 Å². The van der Waals surface area contributed by atoms with Crippen LogP contribution in [0, 0.1) is 0 Å². The number of aliphatic hydroxyl groups excluding tert-OH is 1. The number of aromatic nitrogens is 3. The third-order valence-electron chi connectivity index (χ3n) is 2.65. The van der Waals surface area contributed by atoms with Crippen molar-refractivity contribution in [2.45, 2.75) is 12.8 Å². The number of aliphatic hydroxyl groups is 1. The number of amides is 1. The summed E-state index contributed by atoms with van der Waals surface area (Å²) in [6.45, 7) is 0.708. The van der Waals surface area contributed by atoms with Crippen LogP contribution in [0.1, 0.15) is 23.2 Å². The number of unbranched alkanes of at least 4 members (excludes halogenated alkanes) is 1. The molecule has 0 unspecified atom stereocenters. The fourth-order valence-corrected chi connectivity index (χ4v) is 1.61. The number of nitrogens with one attached hydrogen (secondary N) is 1. The van der Waals surface area contributed by atoms with Crippen molar-refractivity contribution in [3.63, 3.8) is 0 Å². The molecule has 6 heteroatoms. The van der Waals surface area contributed by atoms with Gasteiger partial charge in [-0.15, -0.1) is 0 Å². The lowest BCUT2D eigenvalue weighted by molar-refractivity contribution is 0.0951. The first kappa shape index (κ1) is 13.2. The summed E-state index contributed by atoms with van der Waals surface area (Å²) in [7, 11) is 0. The van der Waals surface area contributed by atoms with Crippen LogP contribution in [-0.4, -0.2) is 38.7 Å². The monoisotopic (exact) mass is 260 g/mol. The normalized spacial score (nSPS) is 10.4. The van der Waals surface area contributed by atoms with Gasteiger partial charge in [-0.1, -0.05) is 0 Å². The van der Waals surface area contributed by atoms with Crippen molar-refractivity contribution in [1.82, 2.24) is 19.9 Å². The molecule has 2 rings (SSSR count). The van der Waals surface area contributed by atoms with E-state index < -0.39 is 0 Å². The zero-order valence-corrected chi connectivity index (χ0v) is 10.5. The standard InChI is InChI=1S/C13H16N4O2/c18-8-2-1-5-15-13(19)11-3-4-12(16-9-11)17-7-6-14-10-17/h3-4,6-7,9-10,18H,1-2,5,8H2,(H,15,19). The van der Waals surface area contributed by atoms with Crippen LogP contribution < -0.4 is 5.32 Å². The van der Waals surface area contributed by atoms with Crippen molar-refractivity contribution >= 4 is 5.91 Å². The minimum absolute atomic E-state index is 0.150. The van der Waals surface area contributed by atoms with Crippen LogP contribution in [0.4, 0.5) is 0 Å². The van der Waals surface area contributed by atoms with E-state index in [9.17, 15) is 4.79 Å². The average molecular weight is 260 g/mol. The fraction of sp³-hybridized carbons (Fsp3) is 0.308. The Morgan fingerprint density at radius 1 is 1.37 bits per heavy atom. The summed E-state index contributed by atoms with van der Waals surface area (Å²) in [6, 6.07) is 3.49. The molecule has 0 bridgehead atoms. The highest BCUT2D eigenvalue weighted by molar-refractivity contribution is 5.93. The molecule has 19 heavy (non-hydrogen) atoms. The topological polar surface area (TPSA) is 80.0 Å². The molecule has 0 aliphatic rings. The van der Waals surface area contributed by atoms with Gasteiger partial charge in [0.1, 0.15) is 12.1 Å². The van der Waals surface area contributed by atoms with E-state index in [1.807, 2.05) is 0 Å². The first-order chi connectivity index (χ1) is 9.31. The maximum Gasteiger partial charge on any atom is 0.252 e. The second-order valence-electron chi connectivity index (χ2n) is 4.06. The molecule has 0 aromatic carbocycles. The Morgan fingerprint density at radius 2 is 2.26 bits per heavy atom. The molecule has 2 heterocycles. The van der Waals surface area contributed by atoms with Crippen LogP contribution in [0.2, 0.25) is 0 Å². The van der Waals surface area contributed by atoms with Crippen LogP contribution in [0.3, 0.4) is 0 Å². The maximum atomic E-state index is 11.8. The molecule has 0 fully saturated rings. The first-order valence-electron chi connectivity index (χ1n) is 6.14. The van der Waals surface area contributed by atoms with Crippen molar-refractivity contribution in [3.8, 4) is 5.82 Å². The van der Waals surface area contributed by atoms with E-state index in [0.29, 0.717) is 24.3 Å². The van der Waals surface area contributed by atoms with E-state index in [0.717, 1.165) is 6.42 Å². The van der Waals surface area contributed by atoms with E-state index in [4.69, 9.17) is 5.11 Å². The molecule has 2 N–H and O–H groups in total. The molecule has 6 nitrogen and oxygen atoms in total. The van der Waals surface area contributed by atoms with Gasteiger partial charge in [-0.2, -0.15) is 0 Å². The first-order valence-corrected chi connectivity index (χ1v) is 6.14. The highest BCUT2D eigenvalue weighted by Crippen LogP contribution is 2.05. The zero-order chi connectivity index (χ0) is 13.5. The minimum atomic E-state index is -0.150. The third-order valence-corrected chi connectivity index (χ3v) is 2.65. The lowest BCUT2D eigenvalue weighted by Crippen LogP contribution is -2.24. The number of hydrogen-bond acceptors (Lipinski definition) is 4. The number of hydrogen-bond donors (Lipinski definition) is 2. The van der Waals surface area contributed by atoms with E-state index >= 15 is 0 Å². The van der Waals surface area contributed by atoms with Gasteiger partial charge in [0.15, 0.2) is 0 Å². The molecule has 0 radical (unpaired) electrons. The molecule has 0 saturated heterocycles. The lowest BCUT2D eigenvalue weighted by Gasteiger charge is -2.05. The zero-order valence-electron chi connectivity index (χ0n) is 10.5. The summed E-state index contributed by atoms with van der Waals surface area (Å²) in [5.74, 6) is 0.567. The number of nitrogens with zero attached hydrogens (tertiary/aromatic N) is 3. The molecular weight excluding hydrogens is 244 g/mol. The van der Waals surface area contributed by atoms with Gasteiger partial charge in [0.2, 0.25) is 0 Å². The van der Waals surface area contributed by atoms with Gasteiger partial charge >= 0.3 is 0 Å². The summed E-state index contributed by atoms with van der Waals surface area (Å²) in [5.41, 5.74) is 0.521. The van der Waals surface area contributed by atoms with Gasteiger partial charge in [-0.25, -0.2) is 9.97 Å². The smallest absolute Gasteiger partial charge is 0.252 e. The largest absolute Gasteiger partial charge is 0.396 e. The summed E-state index contributed by atoms with van der Waals surface area (Å²) in [4.78, 5) is 19.9. The van der Waals surface area contributed by atoms with Gasteiger partial charge in [-0.3, -0.25) is 9.36 Å². The minimum Gasteiger partial charge on any atom is -0.396 e. The van der Waals surface area contributed by atoms with E-state index in [2.05, 4.69) is 15.3 Å². The van der Waals surface area contributed by atoms with E-state index in [-0.39, 0.29) is 12.5 Å². The van der Waals surface area contributed by atoms with Crippen LogP contribution in [0.5, 0.6) is 0 Å². The van der Waals surface area contributed by atoms with Crippen LogP contribution in [0.25, 0.3) is 5.82 Å². The Hall–Kier alpha value is -2.21. The Balaban J connectivity index is 1.93. The number of pyridine rings is 1. The van der Waals surface area contributed by atoms with Gasteiger partial charge in [0, 0.05) is 31.7 Å². The number of carbonyl (C=O) groups excluding carboxylic acids is 1. The molecule has 0 atom stereocenters. The molecule has 2 aromatic rings. The van der Waals surface area contributed by atoms with E-state index in [1.165, 1.54) is 6.20 Å². The number of carbonyl (C=O) groups is 1. The Bertz CT molecular complexity index is 508. The van der Waals surface area contributed by atoms with Gasteiger partial charge < -0.3 is 10.4 Å². The molecule has 0 spiro atoms. The summed E-state index contributed by atoms with van der Waals surface area (Å²) in [6.07, 6.45) is 8.11. The summed E-state index contributed by atoms with van der Waals surface area (Å²) in [5, 5.41) is 11.4. The molecule has 0 aliphatic heterocycles. The second-order valence-corrected chi connectivity index (χ2v) is 4.06. The highest BCUT2D eigenvalue weighted by Gasteiger charge is 2.05. The SMILES string of the molecule is O=C(NCCCCO)c1ccc(-n2ccnc2)nc1. The highest BCUT2D eigenvalue weighted by atomic mass is 16.2. The van der Waals surface area contributed by atoms with Crippen molar-refractivity contribution < 1.29 is 9.90 Å². The van der Waals surface area contributed by atoms with Crippen LogP contribution in [-0.2, 0) is 0 Å². The predicted molar refractivity (Wildman–Crippen MR) is 70.0 cm³/mol. The Morgan fingerprint density at radius 3 is 2.89 bits per heavy atom. The quantitative estimate of drug-likeness (QED) is 0.752. The molecule has 1 amide bonds. The van der Waals surface area contributed by atoms with Crippen molar-refractivity contribution in [2.75, 3.05) is 13.2 Å². The van der Waals surface area contributed by atoms with Crippen LogP contribution >= 0.6 is 0 Å². The fourth-order valence-electron chi connectivity index (χ4n) is 1.61. The molecule has 100 valence electrons. The van der Waals surface area contributed by atoms with E-state index in [1.54, 1.807) is 35.4 Å². The average Bonchev–Trinajstić information content (AvgIpc) is 2.98. The Kier molecular flexibility index (Phi) is 4.63. The summed E-state index contributed by atoms with van der Waals surface area (Å²) < 4.78 is 1.77. The van der Waals surface area contributed by atoms with Gasteiger partial charge in [0.25, 0.3) is 5.91 Å². The van der Waals surface area contributed by atoms with Crippen molar-refractivity contribution in [3.05, 3.63) is 42.6 Å². The van der Waals surface area contributed by atoms with Crippen molar-refractivity contribution in [2.24, 2.45) is 0 Å². The molecule has 0 saturated carbocycles. The van der Waals surface area contributed by atoms with Crippen molar-refractivity contribution in [1.29, 1.82) is 0 Å². The van der Waals surface area contributed by atoms with Gasteiger partial charge in [0.05, 0.1) is 5.56 Å².